The van der Waals surface area contributed by atoms with Crippen molar-refractivity contribution >= 4 is 39.8 Å². The predicted molar refractivity (Wildman–Crippen MR) is 52.2 cm³/mol. The Hall–Kier alpha value is -0.120. The van der Waals surface area contributed by atoms with E-state index in [0.717, 1.165) is 4.88 Å². The highest BCUT2D eigenvalue weighted by Gasteiger charge is 1.96. The minimum atomic E-state index is -1.06. The summed E-state index contributed by atoms with van der Waals surface area (Å²) in [7, 11) is -1.06. The first-order chi connectivity index (χ1) is 5.20. The first-order valence-corrected chi connectivity index (χ1v) is 5.76. The minimum absolute atomic E-state index is 0.396. The molecule has 1 heterocycles. The Balaban J connectivity index is 2.82. The zero-order valence-corrected chi connectivity index (χ0v) is 8.30. The van der Waals surface area contributed by atoms with E-state index in [9.17, 15) is 4.21 Å². The van der Waals surface area contributed by atoms with Gasteiger partial charge in [0.2, 0.25) is 0 Å². The molecule has 1 aromatic heterocycles. The van der Waals surface area contributed by atoms with Gasteiger partial charge in [0.05, 0.1) is 10.8 Å². The molecule has 0 aromatic carbocycles. The molecule has 0 fully saturated rings. The van der Waals surface area contributed by atoms with Gasteiger partial charge in [0.15, 0.2) is 0 Å². The van der Waals surface area contributed by atoms with Crippen LogP contribution < -0.4 is 0 Å². The normalized spacial score (nSPS) is 14.9. The fraction of sp³-hybridized carbons (Fsp3) is 0.143. The predicted octanol–water partition coefficient (Wildman–Crippen LogP) is 2.66. The Morgan fingerprint density at radius 1 is 1.82 bits per heavy atom. The lowest BCUT2D eigenvalue weighted by Gasteiger charge is -1.89. The lowest BCUT2D eigenvalue weighted by Crippen LogP contribution is -1.81. The van der Waals surface area contributed by atoms with Gasteiger partial charge >= 0.3 is 0 Å². The van der Waals surface area contributed by atoms with Crippen LogP contribution in [0.2, 0.25) is 0 Å². The number of rotatable bonds is 2. The van der Waals surface area contributed by atoms with E-state index in [2.05, 4.69) is 0 Å². The molecule has 1 rings (SSSR count). The zero-order chi connectivity index (χ0) is 8.27. The van der Waals surface area contributed by atoms with E-state index in [0.29, 0.717) is 4.36 Å². The summed E-state index contributed by atoms with van der Waals surface area (Å²) in [6.45, 7) is 0. The molecule has 60 valence electrons. The minimum Gasteiger partial charge on any atom is -0.254 e. The summed E-state index contributed by atoms with van der Waals surface area (Å²) in [6, 6.07) is 3.86. The number of hydrogen-bond acceptors (Lipinski definition) is 2. The number of halogens is 1. The van der Waals surface area contributed by atoms with Gasteiger partial charge in [0.1, 0.15) is 4.36 Å². The van der Waals surface area contributed by atoms with Gasteiger partial charge in [0.25, 0.3) is 0 Å². The van der Waals surface area contributed by atoms with Crippen molar-refractivity contribution in [2.24, 2.45) is 0 Å². The van der Waals surface area contributed by atoms with Crippen molar-refractivity contribution in [1.29, 1.82) is 0 Å². The molecule has 0 aliphatic carbocycles. The van der Waals surface area contributed by atoms with Crippen LogP contribution in [-0.2, 0) is 10.8 Å². The lowest BCUT2D eigenvalue weighted by molar-refractivity contribution is 0.691. The summed E-state index contributed by atoms with van der Waals surface area (Å²) < 4.78 is 11.2. The maximum absolute atomic E-state index is 10.8. The first-order valence-electron chi connectivity index (χ1n) is 2.94. The van der Waals surface area contributed by atoms with Crippen molar-refractivity contribution in [2.75, 3.05) is 6.26 Å². The fourth-order valence-corrected chi connectivity index (χ4v) is 1.78. The molecule has 0 bridgehead atoms. The number of thiophene rings is 1. The summed E-state index contributed by atoms with van der Waals surface area (Å²) >= 11 is 7.25. The monoisotopic (exact) mass is 206 g/mol. The summed E-state index contributed by atoms with van der Waals surface area (Å²) in [5.74, 6) is 0. The molecule has 0 unspecified atom stereocenters. The Labute approximate surface area is 77.2 Å². The van der Waals surface area contributed by atoms with Crippen molar-refractivity contribution in [2.45, 2.75) is 0 Å². The average molecular weight is 207 g/mol. The summed E-state index contributed by atoms with van der Waals surface area (Å²) in [5, 5.41) is 1.95. The van der Waals surface area contributed by atoms with E-state index >= 15 is 0 Å². The van der Waals surface area contributed by atoms with Gasteiger partial charge in [-0.05, 0) is 17.5 Å². The van der Waals surface area contributed by atoms with E-state index in [1.165, 1.54) is 0 Å². The Kier molecular flexibility index (Phi) is 3.30. The third-order valence-electron chi connectivity index (χ3n) is 1.07. The molecule has 0 saturated heterocycles. The second-order valence-corrected chi connectivity index (χ2v) is 4.88. The van der Waals surface area contributed by atoms with Gasteiger partial charge in [-0.15, -0.1) is 11.3 Å². The maximum atomic E-state index is 10.8. The molecule has 0 aliphatic rings. The van der Waals surface area contributed by atoms with Crippen molar-refractivity contribution in [3.05, 3.63) is 26.8 Å². The van der Waals surface area contributed by atoms with E-state index < -0.39 is 10.8 Å². The highest BCUT2D eigenvalue weighted by atomic mass is 35.5. The molecule has 0 spiro atoms. The zero-order valence-electron chi connectivity index (χ0n) is 5.91. The molecule has 0 aliphatic heterocycles. The highest BCUT2D eigenvalue weighted by molar-refractivity contribution is 7.90. The van der Waals surface area contributed by atoms with Crippen LogP contribution in [-0.4, -0.2) is 10.5 Å². The molecule has 1 nitrogen and oxygen atoms in total. The average Bonchev–Trinajstić information content (AvgIpc) is 2.39. The van der Waals surface area contributed by atoms with Gasteiger partial charge < -0.3 is 0 Å². The molecule has 0 radical (unpaired) electrons. The molecule has 0 amide bonds. The van der Waals surface area contributed by atoms with Crippen molar-refractivity contribution in [3.8, 4) is 0 Å². The molecule has 11 heavy (non-hydrogen) atoms. The van der Waals surface area contributed by atoms with E-state index in [1.807, 2.05) is 17.5 Å². The SMILES string of the molecule is C[S@@](=O)/C(Cl)=C\c1cccs1. The highest BCUT2D eigenvalue weighted by Crippen LogP contribution is 2.16. The van der Waals surface area contributed by atoms with E-state index in [-0.39, 0.29) is 0 Å². The quantitative estimate of drug-likeness (QED) is 0.727. The fourth-order valence-electron chi connectivity index (χ4n) is 0.568. The van der Waals surface area contributed by atoms with Crippen LogP contribution in [0.5, 0.6) is 0 Å². The van der Waals surface area contributed by atoms with Gasteiger partial charge in [-0.25, -0.2) is 0 Å². The molecule has 4 heteroatoms. The first kappa shape index (κ1) is 8.97. The van der Waals surface area contributed by atoms with Crippen LogP contribution in [0.4, 0.5) is 0 Å². The van der Waals surface area contributed by atoms with E-state index in [4.69, 9.17) is 11.6 Å². The van der Waals surface area contributed by atoms with Gasteiger partial charge in [-0.3, -0.25) is 4.21 Å². The smallest absolute Gasteiger partial charge is 0.106 e. The summed E-state index contributed by atoms with van der Waals surface area (Å²) in [4.78, 5) is 1.03. The molecular formula is C7H7ClOS2. The Morgan fingerprint density at radius 3 is 3.00 bits per heavy atom. The van der Waals surface area contributed by atoms with Crippen LogP contribution in [0, 0.1) is 0 Å². The van der Waals surface area contributed by atoms with Crippen LogP contribution in [0.15, 0.2) is 21.9 Å². The second kappa shape index (κ2) is 4.04. The Morgan fingerprint density at radius 2 is 2.55 bits per heavy atom. The second-order valence-electron chi connectivity index (χ2n) is 1.92. The maximum Gasteiger partial charge on any atom is 0.106 e. The molecule has 1 atom stereocenters. The third-order valence-corrected chi connectivity index (χ3v) is 3.32. The van der Waals surface area contributed by atoms with Crippen molar-refractivity contribution in [3.63, 3.8) is 0 Å². The number of hydrogen-bond donors (Lipinski definition) is 0. The van der Waals surface area contributed by atoms with E-state index in [1.54, 1.807) is 23.7 Å². The summed E-state index contributed by atoms with van der Waals surface area (Å²) in [5.41, 5.74) is 0. The summed E-state index contributed by atoms with van der Waals surface area (Å²) in [6.07, 6.45) is 3.29. The van der Waals surface area contributed by atoms with Gasteiger partial charge in [-0.1, -0.05) is 17.7 Å². The van der Waals surface area contributed by atoms with Crippen LogP contribution in [0.3, 0.4) is 0 Å². The molecular weight excluding hydrogens is 200 g/mol. The third kappa shape index (κ3) is 2.77. The van der Waals surface area contributed by atoms with Crippen LogP contribution >= 0.6 is 22.9 Å². The van der Waals surface area contributed by atoms with Crippen LogP contribution in [0.1, 0.15) is 4.88 Å². The van der Waals surface area contributed by atoms with Crippen molar-refractivity contribution < 1.29 is 4.21 Å². The topological polar surface area (TPSA) is 17.1 Å². The molecule has 0 saturated carbocycles. The molecule has 0 N–H and O–H groups in total. The van der Waals surface area contributed by atoms with Crippen molar-refractivity contribution in [1.82, 2.24) is 0 Å². The van der Waals surface area contributed by atoms with Gasteiger partial charge in [0, 0.05) is 11.1 Å². The standard InChI is InChI=1S/C7H7ClOS2/c1-11(9)7(8)5-6-3-2-4-10-6/h2-5H,1H3/b7-5-/t11-/m1/s1. The lowest BCUT2D eigenvalue weighted by atomic mass is 10.5. The van der Waals surface area contributed by atoms with Gasteiger partial charge in [-0.2, -0.15) is 0 Å². The van der Waals surface area contributed by atoms with Crippen LogP contribution in [0.25, 0.3) is 6.08 Å². The molecule has 1 aromatic rings. The largest absolute Gasteiger partial charge is 0.254 e. The Bertz CT molecular complexity index is 277.